The summed E-state index contributed by atoms with van der Waals surface area (Å²) in [5.74, 6) is 0.124. The van der Waals surface area contributed by atoms with Crippen LogP contribution in [0.15, 0.2) is 30.3 Å². The molecule has 0 N–H and O–H groups in total. The summed E-state index contributed by atoms with van der Waals surface area (Å²) in [5.41, 5.74) is 0.439. The SMILES string of the molecule is CC(=O)CC[C@@](C)(C=O)c1ccccc1. The Morgan fingerprint density at radius 3 is 2.40 bits per heavy atom. The normalized spacial score (nSPS) is 14.3. The summed E-state index contributed by atoms with van der Waals surface area (Å²) in [6.45, 7) is 3.43. The number of aldehydes is 1. The second kappa shape index (κ2) is 4.87. The van der Waals surface area contributed by atoms with Crippen LogP contribution in [0.3, 0.4) is 0 Å². The van der Waals surface area contributed by atoms with Crippen LogP contribution in [-0.2, 0) is 15.0 Å². The Labute approximate surface area is 90.3 Å². The van der Waals surface area contributed by atoms with Crippen molar-refractivity contribution < 1.29 is 9.59 Å². The lowest BCUT2D eigenvalue weighted by Crippen LogP contribution is -2.24. The van der Waals surface area contributed by atoms with Gasteiger partial charge < -0.3 is 9.59 Å². The van der Waals surface area contributed by atoms with Gasteiger partial charge in [0.15, 0.2) is 0 Å². The molecule has 0 aliphatic carbocycles. The lowest BCUT2D eigenvalue weighted by atomic mass is 9.79. The summed E-state index contributed by atoms with van der Waals surface area (Å²) in [5, 5.41) is 0. The van der Waals surface area contributed by atoms with E-state index in [4.69, 9.17) is 0 Å². The Kier molecular flexibility index (Phi) is 3.78. The van der Waals surface area contributed by atoms with Crippen LogP contribution in [0, 0.1) is 0 Å². The molecule has 1 atom stereocenters. The molecule has 0 saturated heterocycles. The summed E-state index contributed by atoms with van der Waals surface area (Å²) in [6, 6.07) is 9.58. The number of carbonyl (C=O) groups excluding carboxylic acids is 2. The first kappa shape index (κ1) is 11.6. The van der Waals surface area contributed by atoms with E-state index in [0.717, 1.165) is 11.8 Å². The van der Waals surface area contributed by atoms with E-state index < -0.39 is 5.41 Å². The van der Waals surface area contributed by atoms with Crippen molar-refractivity contribution in [1.29, 1.82) is 0 Å². The molecule has 0 radical (unpaired) electrons. The van der Waals surface area contributed by atoms with Gasteiger partial charge in [-0.1, -0.05) is 30.3 Å². The third kappa shape index (κ3) is 3.01. The second-order valence-corrected chi connectivity index (χ2v) is 4.10. The molecule has 80 valence electrons. The smallest absolute Gasteiger partial charge is 0.130 e. The molecule has 2 heteroatoms. The number of ketones is 1. The fourth-order valence-corrected chi connectivity index (χ4v) is 1.53. The number of carbonyl (C=O) groups is 2. The van der Waals surface area contributed by atoms with Gasteiger partial charge in [-0.05, 0) is 25.8 Å². The first-order chi connectivity index (χ1) is 7.08. The number of benzene rings is 1. The minimum atomic E-state index is -0.535. The monoisotopic (exact) mass is 204 g/mol. The molecule has 0 bridgehead atoms. The summed E-state index contributed by atoms with van der Waals surface area (Å²) in [4.78, 5) is 22.1. The van der Waals surface area contributed by atoms with E-state index >= 15 is 0 Å². The van der Waals surface area contributed by atoms with Gasteiger partial charge in [-0.15, -0.1) is 0 Å². The molecule has 1 aromatic carbocycles. The van der Waals surface area contributed by atoms with E-state index in [1.807, 2.05) is 37.3 Å². The first-order valence-electron chi connectivity index (χ1n) is 5.10. The quantitative estimate of drug-likeness (QED) is 0.690. The Balaban J connectivity index is 2.85. The molecular formula is C13H16O2. The second-order valence-electron chi connectivity index (χ2n) is 4.10. The maximum Gasteiger partial charge on any atom is 0.130 e. The van der Waals surface area contributed by atoms with E-state index in [9.17, 15) is 9.59 Å². The topological polar surface area (TPSA) is 34.1 Å². The molecular weight excluding hydrogens is 188 g/mol. The number of hydrogen-bond donors (Lipinski definition) is 0. The van der Waals surface area contributed by atoms with Gasteiger partial charge >= 0.3 is 0 Å². The molecule has 0 unspecified atom stereocenters. The van der Waals surface area contributed by atoms with E-state index in [0.29, 0.717) is 12.8 Å². The number of rotatable bonds is 5. The highest BCUT2D eigenvalue weighted by Crippen LogP contribution is 2.26. The molecule has 0 saturated carbocycles. The summed E-state index contributed by atoms with van der Waals surface area (Å²) >= 11 is 0. The van der Waals surface area contributed by atoms with E-state index in [1.54, 1.807) is 6.92 Å². The summed E-state index contributed by atoms with van der Waals surface area (Å²) in [7, 11) is 0. The van der Waals surface area contributed by atoms with Crippen LogP contribution in [0.5, 0.6) is 0 Å². The highest BCUT2D eigenvalue weighted by molar-refractivity contribution is 5.77. The van der Waals surface area contributed by atoms with Gasteiger partial charge in [-0.3, -0.25) is 0 Å². The van der Waals surface area contributed by atoms with Crippen molar-refractivity contribution in [2.24, 2.45) is 0 Å². The van der Waals surface area contributed by atoms with Crippen LogP contribution in [0.25, 0.3) is 0 Å². The van der Waals surface area contributed by atoms with Gasteiger partial charge in [0.05, 0.1) is 0 Å². The molecule has 0 aliphatic heterocycles. The molecule has 0 fully saturated rings. The highest BCUT2D eigenvalue weighted by Gasteiger charge is 2.25. The molecule has 15 heavy (non-hydrogen) atoms. The number of Topliss-reactive ketones (excluding diaryl/α,β-unsaturated/α-hetero) is 1. The lowest BCUT2D eigenvalue weighted by molar-refractivity contribution is -0.117. The Bertz CT molecular complexity index is 343. The van der Waals surface area contributed by atoms with E-state index in [-0.39, 0.29) is 5.78 Å². The molecule has 1 aromatic rings. The van der Waals surface area contributed by atoms with Crippen LogP contribution in [-0.4, -0.2) is 12.1 Å². The zero-order chi connectivity index (χ0) is 11.3. The Morgan fingerprint density at radius 2 is 1.93 bits per heavy atom. The van der Waals surface area contributed by atoms with Gasteiger partial charge in [0.1, 0.15) is 12.1 Å². The van der Waals surface area contributed by atoms with Crippen molar-refractivity contribution >= 4 is 12.1 Å². The summed E-state index contributed by atoms with van der Waals surface area (Å²) in [6.07, 6.45) is 1.96. The molecule has 0 aromatic heterocycles. The van der Waals surface area contributed by atoms with Crippen LogP contribution in [0.1, 0.15) is 32.3 Å². The molecule has 0 heterocycles. The largest absolute Gasteiger partial charge is 0.302 e. The first-order valence-corrected chi connectivity index (χ1v) is 5.10. The summed E-state index contributed by atoms with van der Waals surface area (Å²) < 4.78 is 0. The maximum absolute atomic E-state index is 11.1. The van der Waals surface area contributed by atoms with Crippen molar-refractivity contribution in [3.63, 3.8) is 0 Å². The van der Waals surface area contributed by atoms with Crippen LogP contribution >= 0.6 is 0 Å². The van der Waals surface area contributed by atoms with Crippen molar-refractivity contribution in [3.05, 3.63) is 35.9 Å². The average Bonchev–Trinajstić information content (AvgIpc) is 2.27. The molecule has 1 rings (SSSR count). The average molecular weight is 204 g/mol. The van der Waals surface area contributed by atoms with E-state index in [2.05, 4.69) is 0 Å². The minimum Gasteiger partial charge on any atom is -0.302 e. The molecule has 2 nitrogen and oxygen atoms in total. The minimum absolute atomic E-state index is 0.124. The van der Waals surface area contributed by atoms with Gasteiger partial charge in [-0.2, -0.15) is 0 Å². The van der Waals surface area contributed by atoms with Gasteiger partial charge in [0.25, 0.3) is 0 Å². The van der Waals surface area contributed by atoms with Crippen molar-refractivity contribution in [1.82, 2.24) is 0 Å². The van der Waals surface area contributed by atoms with Crippen LogP contribution in [0.2, 0.25) is 0 Å². The third-order valence-corrected chi connectivity index (χ3v) is 2.69. The van der Waals surface area contributed by atoms with Gasteiger partial charge in [0.2, 0.25) is 0 Å². The molecule has 0 aliphatic rings. The van der Waals surface area contributed by atoms with E-state index in [1.165, 1.54) is 0 Å². The van der Waals surface area contributed by atoms with Crippen molar-refractivity contribution in [3.8, 4) is 0 Å². The van der Waals surface area contributed by atoms with Gasteiger partial charge in [0, 0.05) is 11.8 Å². The van der Waals surface area contributed by atoms with Crippen LogP contribution < -0.4 is 0 Å². The maximum atomic E-state index is 11.1. The van der Waals surface area contributed by atoms with Crippen molar-refractivity contribution in [2.45, 2.75) is 32.1 Å². The third-order valence-electron chi connectivity index (χ3n) is 2.69. The van der Waals surface area contributed by atoms with Gasteiger partial charge in [-0.25, -0.2) is 0 Å². The number of hydrogen-bond acceptors (Lipinski definition) is 2. The van der Waals surface area contributed by atoms with Crippen molar-refractivity contribution in [2.75, 3.05) is 0 Å². The fraction of sp³-hybridized carbons (Fsp3) is 0.385. The molecule has 0 spiro atoms. The Morgan fingerprint density at radius 1 is 1.33 bits per heavy atom. The predicted octanol–water partition coefficient (Wildman–Crippen LogP) is 2.51. The molecule has 0 amide bonds. The van der Waals surface area contributed by atoms with Crippen LogP contribution in [0.4, 0.5) is 0 Å². The fourth-order valence-electron chi connectivity index (χ4n) is 1.53. The predicted molar refractivity (Wildman–Crippen MR) is 59.8 cm³/mol. The zero-order valence-corrected chi connectivity index (χ0v) is 9.19. The zero-order valence-electron chi connectivity index (χ0n) is 9.19. The standard InChI is InChI=1S/C13H16O2/c1-11(15)8-9-13(2,10-14)12-6-4-3-5-7-12/h3-7,10H,8-9H2,1-2H3/t13-/m0/s1. The lowest BCUT2D eigenvalue weighted by Gasteiger charge is -2.22. The highest BCUT2D eigenvalue weighted by atomic mass is 16.1. The Hall–Kier alpha value is -1.44.